The Kier molecular flexibility index (Phi) is 7.79. The maximum atomic E-state index is 12.4. The lowest BCUT2D eigenvalue weighted by Gasteiger charge is -2.09. The number of carbonyl (C=O) groups excluding carboxylic acids is 2. The highest BCUT2D eigenvalue weighted by Gasteiger charge is 2.15. The number of amides is 2. The second-order valence-electron chi connectivity index (χ2n) is 7.06. The highest BCUT2D eigenvalue weighted by atomic mass is 32.2. The lowest BCUT2D eigenvalue weighted by molar-refractivity contribution is 0.0846. The molecule has 0 aliphatic rings. The van der Waals surface area contributed by atoms with Gasteiger partial charge >= 0.3 is 0 Å². The van der Waals surface area contributed by atoms with Gasteiger partial charge in [-0.25, -0.2) is 23.1 Å². The van der Waals surface area contributed by atoms with E-state index in [1.54, 1.807) is 12.1 Å². The van der Waals surface area contributed by atoms with Gasteiger partial charge in [0, 0.05) is 28.3 Å². The number of hydrogen-bond acceptors (Lipinski definition) is 7. The summed E-state index contributed by atoms with van der Waals surface area (Å²) in [6.07, 6.45) is 0. The zero-order valence-electron chi connectivity index (χ0n) is 18.2. The maximum Gasteiger partial charge on any atom is 0.269 e. The van der Waals surface area contributed by atoms with Crippen molar-refractivity contribution in [2.24, 2.45) is 0 Å². The predicted molar refractivity (Wildman–Crippen MR) is 125 cm³/mol. The summed E-state index contributed by atoms with van der Waals surface area (Å²) in [5.41, 5.74) is 7.89. The molecule has 0 spiro atoms. The first-order valence-corrected chi connectivity index (χ1v) is 12.3. The van der Waals surface area contributed by atoms with Crippen LogP contribution in [0, 0.1) is 13.8 Å². The molecule has 11 heteroatoms. The van der Waals surface area contributed by atoms with E-state index >= 15 is 0 Å². The molecule has 0 aliphatic carbocycles. The molecule has 0 radical (unpaired) electrons. The quantitative estimate of drug-likeness (QED) is 0.266. The van der Waals surface area contributed by atoms with Crippen molar-refractivity contribution in [1.29, 1.82) is 0 Å². The van der Waals surface area contributed by atoms with E-state index in [1.165, 1.54) is 43.1 Å². The third-order valence-corrected chi connectivity index (χ3v) is 6.84. The normalized spacial score (nSPS) is 11.1. The third-order valence-electron chi connectivity index (χ3n) is 4.51. The number of rotatable bonds is 7. The Morgan fingerprint density at radius 3 is 2.09 bits per heavy atom. The van der Waals surface area contributed by atoms with Crippen molar-refractivity contribution in [3.05, 3.63) is 82.7 Å². The molecule has 172 valence electrons. The Labute approximate surface area is 196 Å². The topological polar surface area (TPSA) is 130 Å². The Morgan fingerprint density at radius 1 is 0.879 bits per heavy atom. The minimum atomic E-state index is -3.69. The number of aromatic nitrogens is 2. The van der Waals surface area contributed by atoms with E-state index in [4.69, 9.17) is 0 Å². The molecule has 1 heterocycles. The largest absolute Gasteiger partial charge is 0.269 e. The Balaban J connectivity index is 1.56. The van der Waals surface area contributed by atoms with Gasteiger partial charge in [0.05, 0.1) is 4.90 Å². The molecule has 0 atom stereocenters. The van der Waals surface area contributed by atoms with Gasteiger partial charge in [-0.05, 0) is 62.9 Å². The molecule has 3 N–H and O–H groups in total. The number of aryl methyl sites for hydroxylation is 2. The lowest BCUT2D eigenvalue weighted by Crippen LogP contribution is -2.41. The molecule has 9 nitrogen and oxygen atoms in total. The van der Waals surface area contributed by atoms with E-state index < -0.39 is 21.8 Å². The van der Waals surface area contributed by atoms with Crippen LogP contribution in [0.3, 0.4) is 0 Å². The fourth-order valence-corrected chi connectivity index (χ4v) is 4.52. The molecular formula is C22H23N5O4S2. The van der Waals surface area contributed by atoms with Gasteiger partial charge in [0.25, 0.3) is 11.8 Å². The van der Waals surface area contributed by atoms with Crippen molar-refractivity contribution in [3.63, 3.8) is 0 Å². The average molecular weight is 486 g/mol. The van der Waals surface area contributed by atoms with E-state index in [0.29, 0.717) is 16.5 Å². The van der Waals surface area contributed by atoms with Crippen LogP contribution >= 0.6 is 11.8 Å². The van der Waals surface area contributed by atoms with Crippen LogP contribution in [-0.4, -0.2) is 37.2 Å². The Hall–Kier alpha value is -3.28. The van der Waals surface area contributed by atoms with Crippen LogP contribution in [0.25, 0.3) is 0 Å². The summed E-state index contributed by atoms with van der Waals surface area (Å²) in [7, 11) is -2.41. The summed E-state index contributed by atoms with van der Waals surface area (Å²) >= 11 is 1.51. The highest BCUT2D eigenvalue weighted by Crippen LogP contribution is 2.20. The van der Waals surface area contributed by atoms with E-state index in [2.05, 4.69) is 25.5 Å². The minimum Gasteiger partial charge on any atom is -0.267 e. The van der Waals surface area contributed by atoms with Crippen LogP contribution in [0.2, 0.25) is 0 Å². The second kappa shape index (κ2) is 10.6. The van der Waals surface area contributed by atoms with Gasteiger partial charge in [-0.1, -0.05) is 30.0 Å². The van der Waals surface area contributed by atoms with Crippen LogP contribution in [0.1, 0.15) is 37.7 Å². The molecule has 2 amide bonds. The van der Waals surface area contributed by atoms with Gasteiger partial charge in [-0.15, -0.1) is 0 Å². The number of nitrogens with one attached hydrogen (secondary N) is 3. The SMILES string of the molecule is CNS(=O)(=O)c1cccc(C(=O)NNC(=O)c2ccc(CSc3nc(C)cc(C)n3)cc2)c1. The molecule has 0 bridgehead atoms. The second-order valence-corrected chi connectivity index (χ2v) is 9.89. The van der Waals surface area contributed by atoms with E-state index in [-0.39, 0.29) is 10.5 Å². The summed E-state index contributed by atoms with van der Waals surface area (Å²) in [6.45, 7) is 3.85. The smallest absolute Gasteiger partial charge is 0.267 e. The van der Waals surface area contributed by atoms with Crippen molar-refractivity contribution >= 4 is 33.6 Å². The van der Waals surface area contributed by atoms with Crippen molar-refractivity contribution < 1.29 is 18.0 Å². The number of hydrogen-bond donors (Lipinski definition) is 3. The summed E-state index contributed by atoms with van der Waals surface area (Å²) < 4.78 is 26.0. The van der Waals surface area contributed by atoms with E-state index in [9.17, 15) is 18.0 Å². The molecule has 0 saturated heterocycles. The standard InChI is InChI=1S/C22H23N5O4S2/c1-14-11-15(2)25-22(24-14)32-13-16-7-9-17(10-8-16)20(28)26-27-21(29)18-5-4-6-19(12-18)33(30,31)23-3/h4-12,23H,13H2,1-3H3,(H,26,28)(H,27,29). The molecule has 1 aromatic heterocycles. The molecule has 33 heavy (non-hydrogen) atoms. The molecule has 0 unspecified atom stereocenters. The number of hydrazine groups is 1. The summed E-state index contributed by atoms with van der Waals surface area (Å²) in [5, 5.41) is 0.698. The van der Waals surface area contributed by atoms with Crippen molar-refractivity contribution in [2.75, 3.05) is 7.05 Å². The van der Waals surface area contributed by atoms with Crippen LogP contribution in [0.15, 0.2) is 64.6 Å². The van der Waals surface area contributed by atoms with E-state index in [0.717, 1.165) is 17.0 Å². The number of thioether (sulfide) groups is 1. The van der Waals surface area contributed by atoms with E-state index in [1.807, 2.05) is 32.0 Å². The fourth-order valence-electron chi connectivity index (χ4n) is 2.84. The minimum absolute atomic E-state index is 0.0522. The molecule has 0 fully saturated rings. The number of sulfonamides is 1. The van der Waals surface area contributed by atoms with Gasteiger partial charge in [0.2, 0.25) is 10.0 Å². The van der Waals surface area contributed by atoms with Crippen molar-refractivity contribution in [3.8, 4) is 0 Å². The zero-order chi connectivity index (χ0) is 24.0. The molecule has 0 saturated carbocycles. The number of nitrogens with zero attached hydrogens (tertiary/aromatic N) is 2. The van der Waals surface area contributed by atoms with Crippen LogP contribution in [0.5, 0.6) is 0 Å². The lowest BCUT2D eigenvalue weighted by atomic mass is 10.1. The first-order valence-electron chi connectivity index (χ1n) is 9.86. The number of carbonyl (C=O) groups is 2. The van der Waals surface area contributed by atoms with Gasteiger partial charge < -0.3 is 0 Å². The summed E-state index contributed by atoms with van der Waals surface area (Å²) in [6, 6.07) is 14.3. The molecular weight excluding hydrogens is 462 g/mol. The molecule has 3 aromatic rings. The van der Waals surface area contributed by atoms with Crippen molar-refractivity contribution in [2.45, 2.75) is 29.7 Å². The fraction of sp³-hybridized carbons (Fsp3) is 0.182. The third kappa shape index (κ3) is 6.60. The molecule has 0 aliphatic heterocycles. The first kappa shape index (κ1) is 24.4. The predicted octanol–water partition coefficient (Wildman–Crippen LogP) is 2.37. The average Bonchev–Trinajstić information content (AvgIpc) is 2.80. The van der Waals surface area contributed by atoms with Gasteiger partial charge in [-0.2, -0.15) is 0 Å². The van der Waals surface area contributed by atoms with Crippen LogP contribution in [0.4, 0.5) is 0 Å². The van der Waals surface area contributed by atoms with Crippen LogP contribution < -0.4 is 15.6 Å². The molecule has 2 aromatic carbocycles. The Bertz CT molecular complexity index is 1260. The van der Waals surface area contributed by atoms with Gasteiger partial charge in [0.1, 0.15) is 0 Å². The number of benzene rings is 2. The zero-order valence-corrected chi connectivity index (χ0v) is 19.9. The summed E-state index contributed by atoms with van der Waals surface area (Å²) in [5.74, 6) is -0.495. The molecule has 3 rings (SSSR count). The monoisotopic (exact) mass is 485 g/mol. The van der Waals surface area contributed by atoms with Gasteiger partial charge in [-0.3, -0.25) is 20.4 Å². The maximum absolute atomic E-state index is 12.4. The van der Waals surface area contributed by atoms with Gasteiger partial charge in [0.15, 0.2) is 5.16 Å². The summed E-state index contributed by atoms with van der Waals surface area (Å²) in [4.78, 5) is 33.4. The van der Waals surface area contributed by atoms with Crippen LogP contribution in [-0.2, 0) is 15.8 Å². The highest BCUT2D eigenvalue weighted by molar-refractivity contribution is 7.98. The first-order chi connectivity index (χ1) is 15.7. The van der Waals surface area contributed by atoms with Crippen molar-refractivity contribution in [1.82, 2.24) is 25.5 Å². The Morgan fingerprint density at radius 2 is 1.48 bits per heavy atom.